The van der Waals surface area contributed by atoms with E-state index in [0.29, 0.717) is 39.5 Å². The van der Waals surface area contributed by atoms with Gasteiger partial charge in [-0.25, -0.2) is 4.98 Å². The molecule has 2 heterocycles. The van der Waals surface area contributed by atoms with Gasteiger partial charge in [-0.05, 0) is 49.7 Å². The number of halogens is 3. The summed E-state index contributed by atoms with van der Waals surface area (Å²) in [5.74, 6) is -0.0271. The van der Waals surface area contributed by atoms with Crippen LogP contribution in [0, 0.1) is 0 Å². The third-order valence-corrected chi connectivity index (χ3v) is 4.97. The van der Waals surface area contributed by atoms with Crippen LogP contribution >= 0.6 is 34.8 Å². The maximum absolute atomic E-state index is 12.6. The van der Waals surface area contributed by atoms with E-state index in [2.05, 4.69) is 15.6 Å². The third kappa shape index (κ3) is 5.32. The Labute approximate surface area is 171 Å². The molecule has 2 aromatic rings. The molecule has 1 aliphatic rings. The predicted octanol–water partition coefficient (Wildman–Crippen LogP) is 4.08. The normalized spacial score (nSPS) is 16.9. The van der Waals surface area contributed by atoms with Gasteiger partial charge in [0.2, 0.25) is 11.8 Å². The van der Waals surface area contributed by atoms with Crippen molar-refractivity contribution in [1.29, 1.82) is 0 Å². The number of nitrogens with zero attached hydrogens (tertiary/aromatic N) is 2. The molecule has 0 saturated carbocycles. The minimum atomic E-state index is -0.402. The van der Waals surface area contributed by atoms with Crippen LogP contribution in [-0.2, 0) is 9.59 Å². The van der Waals surface area contributed by atoms with Crippen LogP contribution in [0.2, 0.25) is 15.1 Å². The van der Waals surface area contributed by atoms with Gasteiger partial charge in [0.15, 0.2) is 0 Å². The molecule has 0 bridgehead atoms. The summed E-state index contributed by atoms with van der Waals surface area (Å²) in [5.41, 5.74) is 0.493. The van der Waals surface area contributed by atoms with E-state index in [4.69, 9.17) is 34.8 Å². The molecule has 0 aliphatic carbocycles. The Balaban J connectivity index is 1.59. The first kappa shape index (κ1) is 19.9. The number of aromatic nitrogens is 1. The van der Waals surface area contributed by atoms with E-state index < -0.39 is 6.04 Å². The van der Waals surface area contributed by atoms with Crippen LogP contribution in [0.25, 0.3) is 0 Å². The van der Waals surface area contributed by atoms with Gasteiger partial charge in [-0.1, -0.05) is 34.8 Å². The van der Waals surface area contributed by atoms with Crippen molar-refractivity contribution in [2.24, 2.45) is 0 Å². The monoisotopic (exact) mass is 426 g/mol. The third-order valence-electron chi connectivity index (χ3n) is 4.20. The lowest BCUT2D eigenvalue weighted by atomic mass is 10.2. The fourth-order valence-corrected chi connectivity index (χ4v) is 3.50. The van der Waals surface area contributed by atoms with Gasteiger partial charge in [-0.15, -0.1) is 0 Å². The van der Waals surface area contributed by atoms with Crippen molar-refractivity contribution in [2.45, 2.75) is 18.9 Å². The maximum Gasteiger partial charge on any atom is 0.241 e. The Morgan fingerprint density at radius 1 is 1.11 bits per heavy atom. The van der Waals surface area contributed by atoms with E-state index in [9.17, 15) is 9.59 Å². The van der Waals surface area contributed by atoms with E-state index in [0.717, 1.165) is 6.42 Å². The highest BCUT2D eigenvalue weighted by atomic mass is 35.5. The summed E-state index contributed by atoms with van der Waals surface area (Å²) in [5, 5.41) is 6.86. The van der Waals surface area contributed by atoms with Gasteiger partial charge in [0.1, 0.15) is 5.82 Å². The standard InChI is InChI=1S/C18H17Cl3N4O2/c19-11-3-5-14(13(21)8-11)23-18(27)15-2-1-7-25(15)10-17(26)24-16-6-4-12(20)9-22-16/h3-6,8-9,15H,1-2,7,10H2,(H,23,27)(H,22,24,26)/t15-/m0/s1. The lowest BCUT2D eigenvalue weighted by Crippen LogP contribution is -2.43. The van der Waals surface area contributed by atoms with E-state index in [1.165, 1.54) is 6.20 Å². The fraction of sp³-hybridized carbons (Fsp3) is 0.278. The average Bonchev–Trinajstić information content (AvgIpc) is 3.07. The van der Waals surface area contributed by atoms with Gasteiger partial charge in [0.25, 0.3) is 0 Å². The topological polar surface area (TPSA) is 74.3 Å². The highest BCUT2D eigenvalue weighted by molar-refractivity contribution is 6.36. The van der Waals surface area contributed by atoms with Crippen LogP contribution < -0.4 is 10.6 Å². The van der Waals surface area contributed by atoms with Crippen molar-refractivity contribution >= 4 is 58.1 Å². The van der Waals surface area contributed by atoms with E-state index in [1.54, 1.807) is 30.3 Å². The minimum absolute atomic E-state index is 0.0940. The molecule has 6 nitrogen and oxygen atoms in total. The molecule has 0 spiro atoms. The smallest absolute Gasteiger partial charge is 0.241 e. The molecule has 0 unspecified atom stereocenters. The molecule has 1 saturated heterocycles. The minimum Gasteiger partial charge on any atom is -0.323 e. The molecule has 9 heteroatoms. The Morgan fingerprint density at radius 2 is 1.89 bits per heavy atom. The number of amides is 2. The van der Waals surface area contributed by atoms with Gasteiger partial charge >= 0.3 is 0 Å². The molecular formula is C18H17Cl3N4O2. The molecule has 0 radical (unpaired) electrons. The zero-order chi connectivity index (χ0) is 19.4. The average molecular weight is 428 g/mol. The summed E-state index contributed by atoms with van der Waals surface area (Å²) in [6.45, 7) is 0.755. The molecule has 2 N–H and O–H groups in total. The zero-order valence-corrected chi connectivity index (χ0v) is 16.5. The highest BCUT2D eigenvalue weighted by Crippen LogP contribution is 2.27. The molecule has 142 valence electrons. The summed E-state index contributed by atoms with van der Waals surface area (Å²) < 4.78 is 0. The number of anilines is 2. The van der Waals surface area contributed by atoms with Crippen LogP contribution in [0.3, 0.4) is 0 Å². The Bertz CT molecular complexity index is 845. The van der Waals surface area contributed by atoms with Crippen LogP contribution in [0.4, 0.5) is 11.5 Å². The SMILES string of the molecule is O=C(CN1CCC[C@H]1C(=O)Nc1ccc(Cl)cc1Cl)Nc1ccc(Cl)cn1. The summed E-state index contributed by atoms with van der Waals surface area (Å²) in [7, 11) is 0. The number of rotatable bonds is 5. The molecule has 1 aromatic heterocycles. The van der Waals surface area contributed by atoms with E-state index in [-0.39, 0.29) is 18.4 Å². The number of nitrogens with one attached hydrogen (secondary N) is 2. The number of benzene rings is 1. The Kier molecular flexibility index (Phi) is 6.55. The molecule has 1 aromatic carbocycles. The molecule has 3 rings (SSSR count). The van der Waals surface area contributed by atoms with E-state index >= 15 is 0 Å². The molecule has 2 amide bonds. The first-order valence-corrected chi connectivity index (χ1v) is 9.47. The molecular weight excluding hydrogens is 411 g/mol. The molecule has 27 heavy (non-hydrogen) atoms. The van der Waals surface area contributed by atoms with Gasteiger partial charge in [0.05, 0.1) is 28.3 Å². The second-order valence-electron chi connectivity index (χ2n) is 6.15. The largest absolute Gasteiger partial charge is 0.323 e. The zero-order valence-electron chi connectivity index (χ0n) is 14.2. The lowest BCUT2D eigenvalue weighted by Gasteiger charge is -2.23. The van der Waals surface area contributed by atoms with Crippen molar-refractivity contribution < 1.29 is 9.59 Å². The Morgan fingerprint density at radius 3 is 2.59 bits per heavy atom. The van der Waals surface area contributed by atoms with Crippen molar-refractivity contribution in [1.82, 2.24) is 9.88 Å². The van der Waals surface area contributed by atoms with E-state index in [1.807, 2.05) is 4.90 Å². The quantitative estimate of drug-likeness (QED) is 0.754. The summed E-state index contributed by atoms with van der Waals surface area (Å²) in [6, 6.07) is 7.74. The fourth-order valence-electron chi connectivity index (χ4n) is 2.94. The summed E-state index contributed by atoms with van der Waals surface area (Å²) in [4.78, 5) is 30.8. The summed E-state index contributed by atoms with van der Waals surface area (Å²) >= 11 is 17.8. The number of hydrogen-bond acceptors (Lipinski definition) is 4. The first-order chi connectivity index (χ1) is 12.9. The summed E-state index contributed by atoms with van der Waals surface area (Å²) in [6.07, 6.45) is 2.96. The van der Waals surface area contributed by atoms with Gasteiger partial charge in [-0.3, -0.25) is 14.5 Å². The van der Waals surface area contributed by atoms with Crippen LogP contribution in [-0.4, -0.2) is 40.8 Å². The van der Waals surface area contributed by atoms with Crippen LogP contribution in [0.15, 0.2) is 36.5 Å². The van der Waals surface area contributed by atoms with Crippen molar-refractivity contribution in [3.8, 4) is 0 Å². The number of pyridine rings is 1. The van der Waals surface area contributed by atoms with Crippen LogP contribution in [0.1, 0.15) is 12.8 Å². The number of carbonyl (C=O) groups is 2. The second kappa shape index (κ2) is 8.89. The lowest BCUT2D eigenvalue weighted by molar-refractivity contribution is -0.122. The van der Waals surface area contributed by atoms with Crippen molar-refractivity contribution in [3.63, 3.8) is 0 Å². The molecule has 1 fully saturated rings. The van der Waals surface area contributed by atoms with Crippen molar-refractivity contribution in [3.05, 3.63) is 51.6 Å². The first-order valence-electron chi connectivity index (χ1n) is 8.34. The van der Waals surface area contributed by atoms with Crippen LogP contribution in [0.5, 0.6) is 0 Å². The van der Waals surface area contributed by atoms with Gasteiger partial charge in [-0.2, -0.15) is 0 Å². The predicted molar refractivity (Wildman–Crippen MR) is 108 cm³/mol. The second-order valence-corrected chi connectivity index (χ2v) is 7.43. The maximum atomic E-state index is 12.6. The van der Waals surface area contributed by atoms with Crippen molar-refractivity contribution in [2.75, 3.05) is 23.7 Å². The number of hydrogen-bond donors (Lipinski definition) is 2. The highest BCUT2D eigenvalue weighted by Gasteiger charge is 2.32. The molecule has 1 atom stereocenters. The van der Waals surface area contributed by atoms with Gasteiger partial charge < -0.3 is 10.6 Å². The molecule has 1 aliphatic heterocycles. The number of likely N-dealkylation sites (tertiary alicyclic amines) is 1. The number of carbonyl (C=O) groups excluding carboxylic acids is 2. The van der Waals surface area contributed by atoms with Gasteiger partial charge in [0, 0.05) is 11.2 Å². The Hall–Kier alpha value is -1.86.